The van der Waals surface area contributed by atoms with Crippen LogP contribution in [0.5, 0.6) is 0 Å². The Hall–Kier alpha value is -3.19. The third-order valence-electron chi connectivity index (χ3n) is 4.70. The number of fused-ring (bicyclic) bond motifs is 1. The molecule has 1 N–H and O–H groups in total. The van der Waals surface area contributed by atoms with Crippen molar-refractivity contribution in [2.45, 2.75) is 32.8 Å². The van der Waals surface area contributed by atoms with Crippen LogP contribution in [-0.2, 0) is 14.3 Å². The van der Waals surface area contributed by atoms with Crippen molar-refractivity contribution in [3.63, 3.8) is 0 Å². The van der Waals surface area contributed by atoms with Gasteiger partial charge in [-0.2, -0.15) is 0 Å². The Morgan fingerprint density at radius 3 is 2.53 bits per heavy atom. The van der Waals surface area contributed by atoms with E-state index in [1.54, 1.807) is 42.5 Å². The standard InChI is InChI=1S/C22H21ClN2O5/c1-13-9-10-15-16(12-13)22(29)25(21(15)28)11-5-8-19(26)30-14(2)20(27)24-18-7-4-3-6-17(18)23/h3-4,6-7,9-10,12,14H,5,8,11H2,1-2H3,(H,24,27). The van der Waals surface area contributed by atoms with E-state index in [2.05, 4.69) is 5.32 Å². The third-order valence-corrected chi connectivity index (χ3v) is 5.03. The Balaban J connectivity index is 1.47. The van der Waals surface area contributed by atoms with Gasteiger partial charge in [-0.25, -0.2) is 0 Å². The lowest BCUT2D eigenvalue weighted by Crippen LogP contribution is -2.32. The minimum Gasteiger partial charge on any atom is -0.453 e. The van der Waals surface area contributed by atoms with Crippen molar-refractivity contribution in [2.75, 3.05) is 11.9 Å². The smallest absolute Gasteiger partial charge is 0.306 e. The summed E-state index contributed by atoms with van der Waals surface area (Å²) in [6.45, 7) is 3.40. The summed E-state index contributed by atoms with van der Waals surface area (Å²) in [5.41, 5.74) is 2.07. The number of carbonyl (C=O) groups is 4. The molecular weight excluding hydrogens is 408 g/mol. The van der Waals surface area contributed by atoms with Crippen molar-refractivity contribution >= 4 is 41.0 Å². The number of esters is 1. The predicted octanol–water partition coefficient (Wildman–Crippen LogP) is 3.60. The first-order valence-electron chi connectivity index (χ1n) is 9.49. The van der Waals surface area contributed by atoms with Crippen LogP contribution in [0.4, 0.5) is 5.69 Å². The molecule has 0 aliphatic carbocycles. The van der Waals surface area contributed by atoms with Crippen molar-refractivity contribution in [1.29, 1.82) is 0 Å². The molecule has 3 rings (SSSR count). The van der Waals surface area contributed by atoms with E-state index in [0.717, 1.165) is 10.5 Å². The van der Waals surface area contributed by atoms with Crippen LogP contribution in [0.1, 0.15) is 46.0 Å². The molecule has 1 unspecified atom stereocenters. The van der Waals surface area contributed by atoms with Crippen LogP contribution in [-0.4, -0.2) is 41.2 Å². The minimum atomic E-state index is -1.02. The number of hydrogen-bond donors (Lipinski definition) is 1. The zero-order valence-electron chi connectivity index (χ0n) is 16.6. The zero-order valence-corrected chi connectivity index (χ0v) is 17.4. The molecule has 1 aliphatic rings. The molecule has 0 bridgehead atoms. The Morgan fingerprint density at radius 1 is 1.10 bits per heavy atom. The molecule has 8 heteroatoms. The number of amides is 3. The maximum Gasteiger partial charge on any atom is 0.306 e. The molecule has 0 aromatic heterocycles. The molecule has 156 valence electrons. The second-order valence-electron chi connectivity index (χ2n) is 7.02. The van der Waals surface area contributed by atoms with Crippen LogP contribution in [0.25, 0.3) is 0 Å². The van der Waals surface area contributed by atoms with E-state index < -0.39 is 18.0 Å². The van der Waals surface area contributed by atoms with E-state index in [-0.39, 0.29) is 31.2 Å². The number of aryl methyl sites for hydroxylation is 1. The molecule has 1 aliphatic heterocycles. The Kier molecular flexibility index (Phi) is 6.52. The summed E-state index contributed by atoms with van der Waals surface area (Å²) in [6, 6.07) is 11.8. The third kappa shape index (κ3) is 4.68. The van der Waals surface area contributed by atoms with Crippen molar-refractivity contribution in [3.8, 4) is 0 Å². The molecule has 3 amide bonds. The van der Waals surface area contributed by atoms with Crippen LogP contribution < -0.4 is 5.32 Å². The summed E-state index contributed by atoms with van der Waals surface area (Å²) >= 11 is 5.99. The summed E-state index contributed by atoms with van der Waals surface area (Å²) < 4.78 is 5.14. The highest BCUT2D eigenvalue weighted by Gasteiger charge is 2.35. The van der Waals surface area contributed by atoms with Gasteiger partial charge in [0.05, 0.1) is 21.8 Å². The second-order valence-corrected chi connectivity index (χ2v) is 7.42. The number of ether oxygens (including phenoxy) is 1. The van der Waals surface area contributed by atoms with Crippen molar-refractivity contribution in [2.24, 2.45) is 0 Å². The molecule has 7 nitrogen and oxygen atoms in total. The molecule has 1 atom stereocenters. The fraction of sp³-hybridized carbons (Fsp3) is 0.273. The Labute approximate surface area is 179 Å². The number of anilines is 1. The normalized spacial score (nSPS) is 13.8. The fourth-order valence-corrected chi connectivity index (χ4v) is 3.28. The summed E-state index contributed by atoms with van der Waals surface area (Å²) in [7, 11) is 0. The molecule has 0 saturated heterocycles. The van der Waals surface area contributed by atoms with Gasteiger partial charge in [-0.1, -0.05) is 35.4 Å². The van der Waals surface area contributed by atoms with Crippen molar-refractivity contribution < 1.29 is 23.9 Å². The SMILES string of the molecule is Cc1ccc2c(c1)C(=O)N(CCCC(=O)OC(C)C(=O)Nc1ccccc1Cl)C2=O. The van der Waals surface area contributed by atoms with E-state index in [1.165, 1.54) is 6.92 Å². The van der Waals surface area contributed by atoms with Crippen LogP contribution in [0.2, 0.25) is 5.02 Å². The highest BCUT2D eigenvalue weighted by Crippen LogP contribution is 2.24. The topological polar surface area (TPSA) is 92.8 Å². The molecule has 0 saturated carbocycles. The van der Waals surface area contributed by atoms with Crippen LogP contribution >= 0.6 is 11.6 Å². The lowest BCUT2D eigenvalue weighted by molar-refractivity contribution is -0.153. The lowest BCUT2D eigenvalue weighted by Gasteiger charge is -2.15. The number of halogens is 1. The van der Waals surface area contributed by atoms with Crippen molar-refractivity contribution in [3.05, 3.63) is 64.2 Å². The van der Waals surface area contributed by atoms with Crippen LogP contribution in [0, 0.1) is 6.92 Å². The fourth-order valence-electron chi connectivity index (χ4n) is 3.10. The maximum atomic E-state index is 12.4. The number of nitrogens with one attached hydrogen (secondary N) is 1. The number of rotatable bonds is 7. The summed E-state index contributed by atoms with van der Waals surface area (Å²) in [5, 5.41) is 2.97. The van der Waals surface area contributed by atoms with Gasteiger partial charge in [-0.05, 0) is 44.5 Å². The quantitative estimate of drug-likeness (QED) is 0.537. The zero-order chi connectivity index (χ0) is 21.8. The minimum absolute atomic E-state index is 0.0316. The molecule has 2 aromatic carbocycles. The maximum absolute atomic E-state index is 12.4. The molecule has 0 spiro atoms. The van der Waals surface area contributed by atoms with Gasteiger partial charge in [-0.15, -0.1) is 0 Å². The van der Waals surface area contributed by atoms with E-state index >= 15 is 0 Å². The first-order chi connectivity index (χ1) is 14.3. The molecule has 30 heavy (non-hydrogen) atoms. The van der Waals surface area contributed by atoms with Gasteiger partial charge >= 0.3 is 5.97 Å². The van der Waals surface area contributed by atoms with E-state index in [9.17, 15) is 19.2 Å². The van der Waals surface area contributed by atoms with Crippen LogP contribution in [0.15, 0.2) is 42.5 Å². The Bertz CT molecular complexity index is 1020. The monoisotopic (exact) mass is 428 g/mol. The van der Waals surface area contributed by atoms with Gasteiger partial charge in [0.1, 0.15) is 0 Å². The number of hydrogen-bond acceptors (Lipinski definition) is 5. The summed E-state index contributed by atoms with van der Waals surface area (Å²) in [5.74, 6) is -1.83. The first kappa shape index (κ1) is 21.5. The van der Waals surface area contributed by atoms with Gasteiger partial charge in [0.15, 0.2) is 6.10 Å². The number of carbonyl (C=O) groups excluding carboxylic acids is 4. The number of imide groups is 1. The highest BCUT2D eigenvalue weighted by atomic mass is 35.5. The van der Waals surface area contributed by atoms with Crippen molar-refractivity contribution in [1.82, 2.24) is 4.90 Å². The molecule has 0 radical (unpaired) electrons. The average Bonchev–Trinajstić information content (AvgIpc) is 2.93. The summed E-state index contributed by atoms with van der Waals surface area (Å²) in [6.07, 6.45) is -0.811. The largest absolute Gasteiger partial charge is 0.453 e. The first-order valence-corrected chi connectivity index (χ1v) is 9.87. The molecular formula is C22H21ClN2O5. The van der Waals surface area contributed by atoms with Gasteiger partial charge < -0.3 is 10.1 Å². The van der Waals surface area contributed by atoms with Gasteiger partial charge in [0, 0.05) is 13.0 Å². The van der Waals surface area contributed by atoms with Crippen LogP contribution in [0.3, 0.4) is 0 Å². The number of nitrogens with zero attached hydrogens (tertiary/aromatic N) is 1. The van der Waals surface area contributed by atoms with E-state index in [1.807, 2.05) is 6.92 Å². The van der Waals surface area contributed by atoms with Gasteiger partial charge in [0.25, 0.3) is 17.7 Å². The second kappa shape index (κ2) is 9.09. The molecule has 2 aromatic rings. The van der Waals surface area contributed by atoms with Gasteiger partial charge in [-0.3, -0.25) is 24.1 Å². The Morgan fingerprint density at radius 2 is 1.80 bits per heavy atom. The number of benzene rings is 2. The van der Waals surface area contributed by atoms with E-state index in [4.69, 9.17) is 16.3 Å². The molecule has 0 fully saturated rings. The molecule has 1 heterocycles. The van der Waals surface area contributed by atoms with E-state index in [0.29, 0.717) is 21.8 Å². The predicted molar refractivity (Wildman–Crippen MR) is 111 cm³/mol. The average molecular weight is 429 g/mol. The highest BCUT2D eigenvalue weighted by molar-refractivity contribution is 6.33. The summed E-state index contributed by atoms with van der Waals surface area (Å²) in [4.78, 5) is 50.2. The van der Waals surface area contributed by atoms with Gasteiger partial charge in [0.2, 0.25) is 0 Å². The lowest BCUT2D eigenvalue weighted by atomic mass is 10.1. The number of para-hydroxylation sites is 1.